The molecule has 1 saturated heterocycles. The molecular weight excluding hydrogens is 196 g/mol. The highest BCUT2D eigenvalue weighted by Crippen LogP contribution is 1.98. The summed E-state index contributed by atoms with van der Waals surface area (Å²) in [7, 11) is 1.52. The van der Waals surface area contributed by atoms with Gasteiger partial charge in [-0.3, -0.25) is 9.11 Å². The second-order valence-electron chi connectivity index (χ2n) is 3.42. The molecule has 0 N–H and O–H groups in total. The van der Waals surface area contributed by atoms with E-state index < -0.39 is 10.8 Å². The molecule has 0 saturated carbocycles. The summed E-state index contributed by atoms with van der Waals surface area (Å²) in [5, 5.41) is 0. The molecule has 0 spiro atoms. The predicted molar refractivity (Wildman–Crippen MR) is 64.2 cm³/mol. The summed E-state index contributed by atoms with van der Waals surface area (Å²) in [4.78, 5) is 4.72. The van der Waals surface area contributed by atoms with Gasteiger partial charge in [0.2, 0.25) is 0 Å². The number of rotatable bonds is 3. The van der Waals surface area contributed by atoms with Gasteiger partial charge in [-0.2, -0.15) is 0 Å². The maximum Gasteiger partial charge on any atom is 0.0359 e. The van der Waals surface area contributed by atoms with Crippen molar-refractivity contribution in [2.24, 2.45) is 0 Å². The van der Waals surface area contributed by atoms with Crippen molar-refractivity contribution in [3.8, 4) is 0 Å². The predicted octanol–water partition coefficient (Wildman–Crippen LogP) is 0.639. The first kappa shape index (κ1) is 14.1. The van der Waals surface area contributed by atoms with Crippen LogP contribution in [0.1, 0.15) is 13.8 Å². The summed E-state index contributed by atoms with van der Waals surface area (Å²) < 4.78 is 10.8. The summed E-state index contributed by atoms with van der Waals surface area (Å²) in [6.07, 6.45) is 1.77. The Bertz CT molecular complexity index is 156. The number of nitrogens with zero attached hydrogens (tertiary/aromatic N) is 2. The molecule has 1 atom stereocenters. The van der Waals surface area contributed by atoms with Crippen molar-refractivity contribution in [3.05, 3.63) is 0 Å². The molecule has 1 fully saturated rings. The molecule has 1 unspecified atom stereocenters. The molecular formula is C10H24N2OS. The average molecular weight is 220 g/mol. The Balaban J connectivity index is 0.000000791. The van der Waals surface area contributed by atoms with Gasteiger partial charge >= 0.3 is 0 Å². The molecule has 0 radical (unpaired) electrons. The highest BCUT2D eigenvalue weighted by molar-refractivity contribution is 7.84. The monoisotopic (exact) mass is 220 g/mol. The molecule has 0 aromatic rings. The van der Waals surface area contributed by atoms with Crippen LogP contribution in [0.3, 0.4) is 0 Å². The quantitative estimate of drug-likeness (QED) is 0.697. The SMILES string of the molecule is CC.CN1CCN(CCS(C)=O)CC1. The van der Waals surface area contributed by atoms with Crippen molar-refractivity contribution in [2.75, 3.05) is 51.8 Å². The maximum atomic E-state index is 10.8. The maximum absolute atomic E-state index is 10.8. The Hall–Kier alpha value is 0.0700. The number of piperazine rings is 1. The Kier molecular flexibility index (Phi) is 8.43. The lowest BCUT2D eigenvalue weighted by atomic mass is 10.3. The third kappa shape index (κ3) is 6.51. The van der Waals surface area contributed by atoms with Gasteiger partial charge in [-0.15, -0.1) is 0 Å². The number of likely N-dealkylation sites (N-methyl/N-ethyl adjacent to an activating group) is 1. The lowest BCUT2D eigenvalue weighted by Gasteiger charge is -2.31. The Morgan fingerprint density at radius 3 is 2.07 bits per heavy atom. The van der Waals surface area contributed by atoms with E-state index in [0.29, 0.717) is 0 Å². The van der Waals surface area contributed by atoms with E-state index in [1.54, 1.807) is 6.26 Å². The fraction of sp³-hybridized carbons (Fsp3) is 1.00. The van der Waals surface area contributed by atoms with Crippen LogP contribution in [-0.4, -0.2) is 65.8 Å². The highest BCUT2D eigenvalue weighted by atomic mass is 32.2. The molecule has 1 aliphatic heterocycles. The molecule has 86 valence electrons. The van der Waals surface area contributed by atoms with E-state index >= 15 is 0 Å². The third-order valence-corrected chi connectivity index (χ3v) is 3.05. The van der Waals surface area contributed by atoms with Crippen LogP contribution in [0.2, 0.25) is 0 Å². The van der Waals surface area contributed by atoms with E-state index in [1.165, 1.54) is 0 Å². The van der Waals surface area contributed by atoms with Gasteiger partial charge in [0.25, 0.3) is 0 Å². The summed E-state index contributed by atoms with van der Waals surface area (Å²) in [5.41, 5.74) is 0. The fourth-order valence-electron chi connectivity index (χ4n) is 1.33. The van der Waals surface area contributed by atoms with Gasteiger partial charge in [0.1, 0.15) is 0 Å². The first-order valence-corrected chi connectivity index (χ1v) is 7.12. The Morgan fingerprint density at radius 2 is 1.64 bits per heavy atom. The van der Waals surface area contributed by atoms with Crippen LogP contribution in [0, 0.1) is 0 Å². The van der Waals surface area contributed by atoms with E-state index in [-0.39, 0.29) is 0 Å². The number of hydrogen-bond donors (Lipinski definition) is 0. The molecule has 1 heterocycles. The van der Waals surface area contributed by atoms with Crippen LogP contribution < -0.4 is 0 Å². The smallest absolute Gasteiger partial charge is 0.0359 e. The van der Waals surface area contributed by atoms with E-state index in [0.717, 1.165) is 38.5 Å². The minimum Gasteiger partial charge on any atom is -0.304 e. The third-order valence-electron chi connectivity index (χ3n) is 2.29. The van der Waals surface area contributed by atoms with Crippen molar-refractivity contribution in [2.45, 2.75) is 13.8 Å². The topological polar surface area (TPSA) is 23.6 Å². The van der Waals surface area contributed by atoms with Crippen LogP contribution in [0.25, 0.3) is 0 Å². The molecule has 0 aliphatic carbocycles. The zero-order valence-electron chi connectivity index (χ0n) is 9.95. The van der Waals surface area contributed by atoms with Gasteiger partial charge < -0.3 is 4.90 Å². The first-order valence-electron chi connectivity index (χ1n) is 5.39. The Labute approximate surface area is 90.9 Å². The zero-order chi connectivity index (χ0) is 11.0. The summed E-state index contributed by atoms with van der Waals surface area (Å²) in [5.74, 6) is 0.823. The van der Waals surface area contributed by atoms with Gasteiger partial charge in [-0.25, -0.2) is 0 Å². The molecule has 1 rings (SSSR count). The van der Waals surface area contributed by atoms with Crippen molar-refractivity contribution < 1.29 is 4.21 Å². The van der Waals surface area contributed by atoms with Gasteiger partial charge in [0, 0.05) is 55.5 Å². The van der Waals surface area contributed by atoms with Gasteiger partial charge in [0.05, 0.1) is 0 Å². The highest BCUT2D eigenvalue weighted by Gasteiger charge is 2.12. The molecule has 3 nitrogen and oxygen atoms in total. The summed E-state index contributed by atoms with van der Waals surface area (Å²) >= 11 is 0. The largest absolute Gasteiger partial charge is 0.304 e. The molecule has 1 aliphatic rings. The fourth-order valence-corrected chi connectivity index (χ4v) is 1.84. The molecule has 14 heavy (non-hydrogen) atoms. The van der Waals surface area contributed by atoms with Crippen molar-refractivity contribution in [1.29, 1.82) is 0 Å². The molecule has 0 amide bonds. The standard InChI is InChI=1S/C8H18N2OS.C2H6/c1-9-3-5-10(6-4-9)7-8-12(2)11;1-2/h3-8H2,1-2H3;1-2H3. The Morgan fingerprint density at radius 1 is 1.14 bits per heavy atom. The summed E-state index contributed by atoms with van der Waals surface area (Å²) in [6.45, 7) is 9.56. The van der Waals surface area contributed by atoms with E-state index in [2.05, 4.69) is 16.8 Å². The van der Waals surface area contributed by atoms with E-state index in [4.69, 9.17) is 0 Å². The van der Waals surface area contributed by atoms with Crippen LogP contribution in [0.5, 0.6) is 0 Å². The summed E-state index contributed by atoms with van der Waals surface area (Å²) in [6, 6.07) is 0. The minimum absolute atomic E-state index is 0.631. The van der Waals surface area contributed by atoms with Crippen LogP contribution in [0.4, 0.5) is 0 Å². The van der Waals surface area contributed by atoms with Gasteiger partial charge in [0.15, 0.2) is 0 Å². The molecule has 0 bridgehead atoms. The second-order valence-corrected chi connectivity index (χ2v) is 4.98. The lowest BCUT2D eigenvalue weighted by molar-refractivity contribution is 0.161. The van der Waals surface area contributed by atoms with Crippen molar-refractivity contribution in [1.82, 2.24) is 9.80 Å². The van der Waals surface area contributed by atoms with Gasteiger partial charge in [-0.1, -0.05) is 13.8 Å². The minimum atomic E-state index is -0.631. The zero-order valence-corrected chi connectivity index (χ0v) is 10.8. The lowest BCUT2D eigenvalue weighted by Crippen LogP contribution is -2.45. The van der Waals surface area contributed by atoms with E-state index in [1.807, 2.05) is 13.8 Å². The van der Waals surface area contributed by atoms with Crippen LogP contribution >= 0.6 is 0 Å². The van der Waals surface area contributed by atoms with Crippen LogP contribution in [-0.2, 0) is 10.8 Å². The van der Waals surface area contributed by atoms with E-state index in [9.17, 15) is 4.21 Å². The van der Waals surface area contributed by atoms with Gasteiger partial charge in [-0.05, 0) is 7.05 Å². The normalized spacial score (nSPS) is 21.1. The molecule has 4 heteroatoms. The number of hydrogen-bond acceptors (Lipinski definition) is 3. The van der Waals surface area contributed by atoms with Crippen molar-refractivity contribution >= 4 is 10.8 Å². The second kappa shape index (κ2) is 8.38. The first-order chi connectivity index (χ1) is 6.68. The average Bonchev–Trinajstić information content (AvgIpc) is 2.20. The molecule has 0 aromatic heterocycles. The van der Waals surface area contributed by atoms with Crippen LogP contribution in [0.15, 0.2) is 0 Å². The molecule has 0 aromatic carbocycles. The van der Waals surface area contributed by atoms with Crippen molar-refractivity contribution in [3.63, 3.8) is 0 Å².